The molecule has 3 rings (SSSR count). The van der Waals surface area contributed by atoms with Crippen molar-refractivity contribution in [3.05, 3.63) is 29.6 Å². The molecule has 0 bridgehead atoms. The van der Waals surface area contributed by atoms with Crippen LogP contribution in [0.3, 0.4) is 0 Å². The first kappa shape index (κ1) is 29.4. The second-order valence-corrected chi connectivity index (χ2v) is 17.4. The summed E-state index contributed by atoms with van der Waals surface area (Å²) in [5, 5.41) is 2.58. The maximum atomic E-state index is 15.2. The SMILES string of the molecule is CC(C)(C)OC(=O)NCC1CN(c2ccc(C3CCC(O[Si](C)(C)C(C)(C)C)C(F)C3)c(F)c2)C(=O)O1. The van der Waals surface area contributed by atoms with E-state index in [1.165, 1.54) is 11.0 Å². The number of alkyl carbamates (subject to hydrolysis) is 1. The predicted molar refractivity (Wildman–Crippen MR) is 142 cm³/mol. The predicted octanol–water partition coefficient (Wildman–Crippen LogP) is 6.67. The number of carbonyl (C=O) groups is 2. The molecule has 208 valence electrons. The number of amides is 2. The van der Waals surface area contributed by atoms with Gasteiger partial charge >= 0.3 is 12.2 Å². The minimum atomic E-state index is -2.10. The van der Waals surface area contributed by atoms with Crippen LogP contribution >= 0.6 is 0 Å². The van der Waals surface area contributed by atoms with E-state index in [0.29, 0.717) is 24.1 Å². The Labute approximate surface area is 220 Å². The summed E-state index contributed by atoms with van der Waals surface area (Å²) in [6.45, 7) is 16.1. The highest BCUT2D eigenvalue weighted by molar-refractivity contribution is 6.74. The number of halogens is 2. The van der Waals surface area contributed by atoms with Gasteiger partial charge < -0.3 is 19.2 Å². The number of cyclic esters (lactones) is 1. The molecule has 2 fully saturated rings. The maximum absolute atomic E-state index is 15.2. The summed E-state index contributed by atoms with van der Waals surface area (Å²) in [5.41, 5.74) is 0.173. The number of nitrogens with one attached hydrogen (secondary N) is 1. The molecule has 1 saturated heterocycles. The summed E-state index contributed by atoms with van der Waals surface area (Å²) in [5.74, 6) is -0.721. The van der Waals surface area contributed by atoms with E-state index >= 15 is 8.78 Å². The van der Waals surface area contributed by atoms with Gasteiger partial charge in [0.1, 0.15) is 23.7 Å². The highest BCUT2D eigenvalue weighted by Crippen LogP contribution is 2.42. The molecular weight excluding hydrogens is 498 g/mol. The first-order chi connectivity index (χ1) is 17.0. The Morgan fingerprint density at radius 1 is 1.19 bits per heavy atom. The molecule has 10 heteroatoms. The summed E-state index contributed by atoms with van der Waals surface area (Å²) < 4.78 is 47.1. The molecule has 0 aromatic heterocycles. The number of benzene rings is 1. The average molecular weight is 541 g/mol. The normalized spacial score (nSPS) is 25.1. The molecule has 1 aromatic rings. The number of hydrogen-bond acceptors (Lipinski definition) is 5. The number of nitrogens with zero attached hydrogens (tertiary/aromatic N) is 1. The van der Waals surface area contributed by atoms with E-state index in [9.17, 15) is 9.59 Å². The molecule has 1 aromatic carbocycles. The Bertz CT molecular complexity index is 992. The van der Waals surface area contributed by atoms with Gasteiger partial charge in [-0.05, 0) is 81.8 Å². The average Bonchev–Trinajstić information content (AvgIpc) is 3.12. The molecule has 7 nitrogen and oxygen atoms in total. The van der Waals surface area contributed by atoms with Crippen molar-refractivity contribution in [3.63, 3.8) is 0 Å². The fourth-order valence-corrected chi connectivity index (χ4v) is 5.80. The molecular formula is C27H42F2N2O5Si. The molecule has 4 atom stereocenters. The molecule has 1 aliphatic carbocycles. The van der Waals surface area contributed by atoms with Crippen LogP contribution in [0.15, 0.2) is 18.2 Å². The lowest BCUT2D eigenvalue weighted by Gasteiger charge is -2.42. The fourth-order valence-electron chi connectivity index (χ4n) is 4.42. The van der Waals surface area contributed by atoms with Gasteiger partial charge in [-0.1, -0.05) is 26.8 Å². The Morgan fingerprint density at radius 3 is 2.43 bits per heavy atom. The van der Waals surface area contributed by atoms with Crippen molar-refractivity contribution in [2.75, 3.05) is 18.0 Å². The maximum Gasteiger partial charge on any atom is 0.414 e. The van der Waals surface area contributed by atoms with Crippen LogP contribution in [0.1, 0.15) is 72.3 Å². The van der Waals surface area contributed by atoms with Gasteiger partial charge in [0.15, 0.2) is 8.32 Å². The van der Waals surface area contributed by atoms with E-state index < -0.39 is 50.3 Å². The van der Waals surface area contributed by atoms with Crippen LogP contribution in [0, 0.1) is 5.82 Å². The molecule has 1 aliphatic heterocycles. The molecule has 2 amide bonds. The number of anilines is 1. The molecule has 0 radical (unpaired) electrons. The van der Waals surface area contributed by atoms with Crippen LogP contribution in [-0.2, 0) is 13.9 Å². The van der Waals surface area contributed by atoms with E-state index in [1.54, 1.807) is 32.9 Å². The van der Waals surface area contributed by atoms with Crippen molar-refractivity contribution in [2.24, 2.45) is 0 Å². The van der Waals surface area contributed by atoms with Gasteiger partial charge in [-0.2, -0.15) is 0 Å². The molecule has 0 spiro atoms. The van der Waals surface area contributed by atoms with Gasteiger partial charge in [0.05, 0.1) is 24.9 Å². The zero-order valence-corrected chi connectivity index (χ0v) is 24.3. The Balaban J connectivity index is 1.59. The van der Waals surface area contributed by atoms with Crippen molar-refractivity contribution < 1.29 is 32.3 Å². The molecule has 4 unspecified atom stereocenters. The van der Waals surface area contributed by atoms with Crippen molar-refractivity contribution in [2.45, 2.75) is 109 Å². The summed E-state index contributed by atoms with van der Waals surface area (Å²) >= 11 is 0. The number of rotatable bonds is 6. The lowest BCUT2D eigenvalue weighted by Crippen LogP contribution is -2.47. The largest absolute Gasteiger partial charge is 0.444 e. The van der Waals surface area contributed by atoms with Gasteiger partial charge in [-0.3, -0.25) is 4.90 Å². The molecule has 37 heavy (non-hydrogen) atoms. The van der Waals surface area contributed by atoms with Gasteiger partial charge in [0.2, 0.25) is 0 Å². The topological polar surface area (TPSA) is 77.1 Å². The third-order valence-corrected chi connectivity index (χ3v) is 12.0. The van der Waals surface area contributed by atoms with Gasteiger partial charge in [0.25, 0.3) is 0 Å². The van der Waals surface area contributed by atoms with Gasteiger partial charge in [0, 0.05) is 0 Å². The van der Waals surface area contributed by atoms with Crippen LogP contribution < -0.4 is 10.2 Å². The lowest BCUT2D eigenvalue weighted by molar-refractivity contribution is 0.0449. The van der Waals surface area contributed by atoms with Crippen LogP contribution in [-0.4, -0.2) is 57.6 Å². The Kier molecular flexibility index (Phi) is 8.63. The number of alkyl halides is 1. The number of ether oxygens (including phenoxy) is 2. The van der Waals surface area contributed by atoms with Crippen molar-refractivity contribution in [1.82, 2.24) is 5.32 Å². The fraction of sp³-hybridized carbons (Fsp3) is 0.704. The minimum Gasteiger partial charge on any atom is -0.444 e. The molecule has 1 N–H and O–H groups in total. The summed E-state index contributed by atoms with van der Waals surface area (Å²) in [7, 11) is -2.10. The first-order valence-corrected chi connectivity index (χ1v) is 15.9. The number of carbonyl (C=O) groups excluding carboxylic acids is 2. The zero-order valence-electron chi connectivity index (χ0n) is 23.3. The van der Waals surface area contributed by atoms with E-state index in [0.717, 1.165) is 0 Å². The van der Waals surface area contributed by atoms with Crippen molar-refractivity contribution in [1.29, 1.82) is 0 Å². The molecule has 1 heterocycles. The summed E-state index contributed by atoms with van der Waals surface area (Å²) in [4.78, 5) is 25.6. The van der Waals surface area contributed by atoms with E-state index in [-0.39, 0.29) is 30.5 Å². The highest BCUT2D eigenvalue weighted by atomic mass is 28.4. The molecule has 1 saturated carbocycles. The smallest absolute Gasteiger partial charge is 0.414 e. The quantitative estimate of drug-likeness (QED) is 0.408. The van der Waals surface area contributed by atoms with Crippen LogP contribution in [0.25, 0.3) is 0 Å². The standard InChI is InChI=1S/C27H42F2N2O5Si/c1-26(2,3)35-24(32)30-15-19-16-31(25(33)34-19)18-10-11-20(21(28)14-18)17-9-12-23(22(29)13-17)36-37(7,8)27(4,5)6/h10-11,14,17,19,22-23H,9,12-13,15-16H2,1-8H3,(H,30,32). The Hall–Kier alpha value is -2.20. The van der Waals surface area contributed by atoms with Gasteiger partial charge in [-0.25, -0.2) is 18.4 Å². The third kappa shape index (κ3) is 7.43. The molecule has 2 aliphatic rings. The first-order valence-electron chi connectivity index (χ1n) is 13.0. The van der Waals surface area contributed by atoms with Crippen LogP contribution in [0.5, 0.6) is 0 Å². The zero-order chi connectivity index (χ0) is 27.8. The minimum absolute atomic E-state index is 0.00691. The number of hydrogen-bond donors (Lipinski definition) is 1. The monoisotopic (exact) mass is 540 g/mol. The summed E-state index contributed by atoms with van der Waals surface area (Å²) in [6.07, 6.45) is -2.03. The van der Waals surface area contributed by atoms with Gasteiger partial charge in [-0.15, -0.1) is 0 Å². The van der Waals surface area contributed by atoms with E-state index in [1.807, 2.05) is 0 Å². The van der Waals surface area contributed by atoms with E-state index in [2.05, 4.69) is 39.2 Å². The van der Waals surface area contributed by atoms with Crippen LogP contribution in [0.2, 0.25) is 18.1 Å². The van der Waals surface area contributed by atoms with Crippen molar-refractivity contribution >= 4 is 26.2 Å². The second-order valence-electron chi connectivity index (χ2n) is 12.6. The van der Waals surface area contributed by atoms with Crippen LogP contribution in [0.4, 0.5) is 24.1 Å². The Morgan fingerprint density at radius 2 is 1.86 bits per heavy atom. The van der Waals surface area contributed by atoms with E-state index in [4.69, 9.17) is 13.9 Å². The van der Waals surface area contributed by atoms with Crippen molar-refractivity contribution in [3.8, 4) is 0 Å². The third-order valence-electron chi connectivity index (χ3n) is 7.45. The highest BCUT2D eigenvalue weighted by Gasteiger charge is 2.43. The lowest BCUT2D eigenvalue weighted by atomic mass is 9.81. The summed E-state index contributed by atoms with van der Waals surface area (Å²) in [6, 6.07) is 4.59. The second kappa shape index (κ2) is 10.9.